The summed E-state index contributed by atoms with van der Waals surface area (Å²) in [5, 5.41) is 12.1. The highest BCUT2D eigenvalue weighted by Crippen LogP contribution is 2.60. The van der Waals surface area contributed by atoms with Gasteiger partial charge in [-0.1, -0.05) is 25.0 Å². The van der Waals surface area contributed by atoms with Crippen LogP contribution >= 0.6 is 11.5 Å². The molecule has 0 radical (unpaired) electrons. The van der Waals surface area contributed by atoms with Gasteiger partial charge in [-0.3, -0.25) is 19.4 Å². The molecular weight excluding hydrogens is 484 g/mol. The quantitative estimate of drug-likeness (QED) is 0.605. The molecule has 7 rings (SSSR count). The Kier molecular flexibility index (Phi) is 5.86. The van der Waals surface area contributed by atoms with E-state index in [9.17, 15) is 14.7 Å². The second-order valence-electron chi connectivity index (χ2n) is 12.6. The van der Waals surface area contributed by atoms with Gasteiger partial charge in [-0.15, -0.1) is 0 Å². The van der Waals surface area contributed by atoms with Crippen molar-refractivity contribution in [1.29, 1.82) is 0 Å². The molecule has 37 heavy (non-hydrogen) atoms. The van der Waals surface area contributed by atoms with Crippen LogP contribution in [0.1, 0.15) is 45.4 Å². The molecule has 1 N–H and O–H groups in total. The minimum Gasteiger partial charge on any atom is -0.390 e. The standard InChI is InChI=1S/C29H38N4O3S/c1-29(36)15-20-14-22(29)25-24(20)27(34)33(28(25)35)17-19-7-3-2-6-18(19)16-31-10-12-32(13-11-31)26-21-8-4-5-9-23(21)37-30-26/h4-5,8-9,18-20,22,24-25,36H,2-3,6-7,10-17H2,1H3/t18-,19-,20+,22+,24+,25-,29+/m0/s1. The number of rotatable bonds is 5. The zero-order valence-corrected chi connectivity index (χ0v) is 22.5. The molecule has 2 aromatic rings. The summed E-state index contributed by atoms with van der Waals surface area (Å²) in [6, 6.07) is 8.49. The van der Waals surface area contributed by atoms with E-state index in [-0.39, 0.29) is 35.5 Å². The van der Waals surface area contributed by atoms with Crippen molar-refractivity contribution >= 4 is 39.3 Å². The first kappa shape index (κ1) is 24.0. The second kappa shape index (κ2) is 9.02. The molecule has 0 spiro atoms. The number of carbonyl (C=O) groups is 2. The Balaban J connectivity index is 0.991. The van der Waals surface area contributed by atoms with Crippen LogP contribution in [-0.2, 0) is 9.59 Å². The first-order valence-electron chi connectivity index (χ1n) is 14.3. The van der Waals surface area contributed by atoms with Crippen LogP contribution in [0.15, 0.2) is 24.3 Å². The Morgan fingerprint density at radius 2 is 1.70 bits per heavy atom. The third-order valence-corrected chi connectivity index (χ3v) is 11.3. The number of piperazine rings is 1. The number of aromatic nitrogens is 1. The Morgan fingerprint density at radius 3 is 2.49 bits per heavy atom. The Labute approximate surface area is 223 Å². The number of carbonyl (C=O) groups excluding carboxylic acids is 2. The second-order valence-corrected chi connectivity index (χ2v) is 13.4. The van der Waals surface area contributed by atoms with E-state index in [1.807, 2.05) is 6.92 Å². The van der Waals surface area contributed by atoms with Crippen LogP contribution in [-0.4, -0.2) is 76.0 Å². The van der Waals surface area contributed by atoms with Gasteiger partial charge in [0.2, 0.25) is 11.8 Å². The van der Waals surface area contributed by atoms with Crippen molar-refractivity contribution in [3.05, 3.63) is 24.3 Å². The lowest BCUT2D eigenvalue weighted by atomic mass is 9.73. The van der Waals surface area contributed by atoms with E-state index in [4.69, 9.17) is 4.37 Å². The number of likely N-dealkylation sites (tertiary alicyclic amines) is 1. The highest BCUT2D eigenvalue weighted by molar-refractivity contribution is 7.13. The van der Waals surface area contributed by atoms with E-state index in [0.29, 0.717) is 24.8 Å². The summed E-state index contributed by atoms with van der Waals surface area (Å²) < 4.78 is 6.00. The molecule has 5 aliphatic rings. The van der Waals surface area contributed by atoms with E-state index in [1.54, 1.807) is 16.4 Å². The van der Waals surface area contributed by atoms with Crippen molar-refractivity contribution < 1.29 is 14.7 Å². The van der Waals surface area contributed by atoms with E-state index in [0.717, 1.165) is 51.4 Å². The molecular formula is C29H38N4O3S. The lowest BCUT2D eigenvalue weighted by molar-refractivity contribution is -0.142. The number of anilines is 1. The largest absolute Gasteiger partial charge is 0.390 e. The topological polar surface area (TPSA) is 77.0 Å². The van der Waals surface area contributed by atoms with E-state index in [1.165, 1.54) is 29.3 Å². The molecule has 7 nitrogen and oxygen atoms in total. The van der Waals surface area contributed by atoms with Gasteiger partial charge in [0.05, 0.1) is 22.1 Å². The summed E-state index contributed by atoms with van der Waals surface area (Å²) in [5.41, 5.74) is -0.794. The van der Waals surface area contributed by atoms with Gasteiger partial charge >= 0.3 is 0 Å². The van der Waals surface area contributed by atoms with Crippen molar-refractivity contribution in [2.75, 3.05) is 44.2 Å². The predicted octanol–water partition coefficient (Wildman–Crippen LogP) is 3.62. The zero-order valence-electron chi connectivity index (χ0n) is 21.7. The zero-order chi connectivity index (χ0) is 25.3. The molecule has 2 aliphatic heterocycles. The molecule has 7 atom stereocenters. The first-order chi connectivity index (χ1) is 17.9. The van der Waals surface area contributed by atoms with Crippen molar-refractivity contribution in [2.45, 2.75) is 51.0 Å². The highest BCUT2D eigenvalue weighted by atomic mass is 32.1. The molecule has 2 saturated heterocycles. The molecule has 3 aliphatic carbocycles. The molecule has 5 fully saturated rings. The Bertz CT molecular complexity index is 1200. The molecule has 198 valence electrons. The third kappa shape index (κ3) is 3.93. The summed E-state index contributed by atoms with van der Waals surface area (Å²) in [7, 11) is 0. The molecule has 8 heteroatoms. The lowest BCUT2D eigenvalue weighted by Gasteiger charge is -2.40. The summed E-state index contributed by atoms with van der Waals surface area (Å²) >= 11 is 1.58. The molecule has 3 saturated carbocycles. The monoisotopic (exact) mass is 522 g/mol. The third-order valence-electron chi connectivity index (χ3n) is 10.5. The minimum absolute atomic E-state index is 0.0101. The van der Waals surface area contributed by atoms with Crippen molar-refractivity contribution in [3.8, 4) is 0 Å². The maximum Gasteiger partial charge on any atom is 0.233 e. The fraction of sp³-hybridized carbons (Fsp3) is 0.690. The van der Waals surface area contributed by atoms with Crippen LogP contribution in [0.2, 0.25) is 0 Å². The average Bonchev–Trinajstić information content (AvgIpc) is 3.62. The number of fused-ring (bicyclic) bond motifs is 6. The number of imide groups is 1. The number of amides is 2. The highest BCUT2D eigenvalue weighted by Gasteiger charge is 2.67. The summed E-state index contributed by atoms with van der Waals surface area (Å²) in [6.45, 7) is 7.53. The summed E-state index contributed by atoms with van der Waals surface area (Å²) in [4.78, 5) is 33.5. The van der Waals surface area contributed by atoms with Crippen LogP contribution in [0.4, 0.5) is 5.82 Å². The van der Waals surface area contributed by atoms with Gasteiger partial charge in [0, 0.05) is 50.6 Å². The van der Waals surface area contributed by atoms with Crippen LogP contribution in [0.5, 0.6) is 0 Å². The number of aliphatic hydroxyl groups is 1. The van der Waals surface area contributed by atoms with E-state index >= 15 is 0 Å². The van der Waals surface area contributed by atoms with Gasteiger partial charge < -0.3 is 10.0 Å². The Hall–Kier alpha value is -2.03. The summed E-state index contributed by atoms with van der Waals surface area (Å²) in [6.07, 6.45) is 6.22. The number of benzene rings is 1. The van der Waals surface area contributed by atoms with Crippen molar-refractivity contribution in [3.63, 3.8) is 0 Å². The molecule has 1 aromatic heterocycles. The molecule has 1 aromatic carbocycles. The number of hydrogen-bond donors (Lipinski definition) is 1. The molecule has 2 bridgehead atoms. The van der Waals surface area contributed by atoms with Gasteiger partial charge in [0.1, 0.15) is 5.82 Å². The van der Waals surface area contributed by atoms with Crippen LogP contribution in [0.3, 0.4) is 0 Å². The Morgan fingerprint density at radius 1 is 1.00 bits per heavy atom. The van der Waals surface area contributed by atoms with Gasteiger partial charge in [0.15, 0.2) is 0 Å². The lowest BCUT2D eigenvalue weighted by Crippen LogP contribution is -2.49. The fourth-order valence-electron chi connectivity index (χ4n) is 8.60. The molecule has 0 unspecified atom stereocenters. The predicted molar refractivity (Wildman–Crippen MR) is 144 cm³/mol. The van der Waals surface area contributed by atoms with Gasteiger partial charge in [0.25, 0.3) is 0 Å². The maximum atomic E-state index is 13.5. The number of hydrogen-bond acceptors (Lipinski definition) is 7. The molecule has 2 amide bonds. The smallest absolute Gasteiger partial charge is 0.233 e. The van der Waals surface area contributed by atoms with Crippen molar-refractivity contribution in [1.82, 2.24) is 14.2 Å². The van der Waals surface area contributed by atoms with Gasteiger partial charge in [-0.05, 0) is 74.0 Å². The van der Waals surface area contributed by atoms with E-state index < -0.39 is 5.60 Å². The van der Waals surface area contributed by atoms with Crippen LogP contribution in [0, 0.1) is 35.5 Å². The van der Waals surface area contributed by atoms with Crippen LogP contribution < -0.4 is 4.90 Å². The SMILES string of the molecule is C[C@@]1(O)C[C@H]2C[C@@H]1[C@@H]1C(=O)N(C[C@@H]3CCCC[C@H]3CN3CCN(c4nsc5ccccc45)CC3)C(=O)[C@H]21. The average molecular weight is 523 g/mol. The minimum atomic E-state index is -0.794. The normalized spacial score (nSPS) is 38.2. The van der Waals surface area contributed by atoms with Gasteiger partial charge in [-0.25, -0.2) is 0 Å². The fourth-order valence-corrected chi connectivity index (χ4v) is 9.40. The van der Waals surface area contributed by atoms with Gasteiger partial charge in [-0.2, -0.15) is 4.37 Å². The van der Waals surface area contributed by atoms with Crippen molar-refractivity contribution in [2.24, 2.45) is 35.5 Å². The summed E-state index contributed by atoms with van der Waals surface area (Å²) in [5.74, 6) is 1.80. The molecule has 3 heterocycles. The maximum absolute atomic E-state index is 13.5. The van der Waals surface area contributed by atoms with E-state index in [2.05, 4.69) is 34.1 Å². The van der Waals surface area contributed by atoms with Crippen LogP contribution in [0.25, 0.3) is 10.1 Å². The first-order valence-corrected chi connectivity index (χ1v) is 15.1. The number of nitrogens with zero attached hydrogens (tertiary/aromatic N) is 4.